The lowest BCUT2D eigenvalue weighted by Gasteiger charge is -2.18. The highest BCUT2D eigenvalue weighted by Crippen LogP contribution is 2.44. The quantitative estimate of drug-likeness (QED) is 0.175. The summed E-state index contributed by atoms with van der Waals surface area (Å²) in [5.74, 6) is -1.49. The van der Waals surface area contributed by atoms with Crippen LogP contribution in [-0.2, 0) is 27.7 Å². The van der Waals surface area contributed by atoms with Crippen LogP contribution in [0.2, 0.25) is 10.0 Å². The lowest BCUT2D eigenvalue weighted by atomic mass is 9.90. The van der Waals surface area contributed by atoms with E-state index in [1.165, 1.54) is 48.9 Å². The van der Waals surface area contributed by atoms with Crippen LogP contribution in [0.25, 0.3) is 21.3 Å². The minimum Gasteiger partial charge on any atom is -0.481 e. The second-order valence-corrected chi connectivity index (χ2v) is 13.5. The summed E-state index contributed by atoms with van der Waals surface area (Å²) in [4.78, 5) is 15.8. The predicted octanol–water partition coefficient (Wildman–Crippen LogP) is 6.78. The number of halogens is 6. The number of rotatable bonds is 10. The van der Waals surface area contributed by atoms with Crippen molar-refractivity contribution in [2.45, 2.75) is 50.7 Å². The number of carboxylic acid groups (broad SMARTS) is 1. The normalized spacial score (nSPS) is 13.3. The molecule has 0 aliphatic heterocycles. The first-order chi connectivity index (χ1) is 19.9. The average molecular weight is 682 g/mol. The number of carboxylic acids is 1. The molecule has 230 valence electrons. The van der Waals surface area contributed by atoms with Crippen molar-refractivity contribution in [2.75, 3.05) is 0 Å². The number of hydrogen-bond acceptors (Lipinski definition) is 8. The Labute approximate surface area is 256 Å². The molecule has 0 aliphatic carbocycles. The van der Waals surface area contributed by atoms with Gasteiger partial charge in [0.15, 0.2) is 5.01 Å². The molecule has 43 heavy (non-hydrogen) atoms. The zero-order chi connectivity index (χ0) is 31.9. The summed E-state index contributed by atoms with van der Waals surface area (Å²) < 4.78 is 85.2. The molecule has 0 fully saturated rings. The lowest BCUT2D eigenvalue weighted by Crippen LogP contribution is -2.43. The number of aromatic nitrogens is 3. The number of carbonyl (C=O) groups is 1. The van der Waals surface area contributed by atoms with Crippen LogP contribution in [0.4, 0.5) is 17.6 Å². The molecule has 0 radical (unpaired) electrons. The van der Waals surface area contributed by atoms with Gasteiger partial charge in [0, 0.05) is 18.4 Å². The van der Waals surface area contributed by atoms with Gasteiger partial charge in [0.05, 0.1) is 26.0 Å². The van der Waals surface area contributed by atoms with E-state index >= 15 is 0 Å². The van der Waals surface area contributed by atoms with Crippen molar-refractivity contribution in [3.8, 4) is 21.3 Å². The van der Waals surface area contributed by atoms with Gasteiger partial charge in [-0.3, -0.25) is 4.79 Å². The molecule has 4 rings (SSSR count). The topological polar surface area (TPSA) is 135 Å². The maximum absolute atomic E-state index is 13.5. The van der Waals surface area contributed by atoms with Gasteiger partial charge in [-0.2, -0.15) is 17.9 Å². The van der Waals surface area contributed by atoms with Gasteiger partial charge in [-0.1, -0.05) is 41.4 Å². The molecule has 2 heterocycles. The van der Waals surface area contributed by atoms with Crippen molar-refractivity contribution in [1.82, 2.24) is 19.9 Å². The molecule has 2 aromatic carbocycles. The van der Waals surface area contributed by atoms with E-state index in [2.05, 4.69) is 15.2 Å². The van der Waals surface area contributed by atoms with Gasteiger partial charge >= 0.3 is 12.1 Å². The fourth-order valence-corrected chi connectivity index (χ4v) is 6.90. The number of sulfonamides is 1. The van der Waals surface area contributed by atoms with Gasteiger partial charge in [0.2, 0.25) is 15.9 Å². The zero-order valence-corrected chi connectivity index (χ0v) is 25.6. The maximum Gasteiger partial charge on any atom is 0.404 e. The first-order valence-corrected chi connectivity index (χ1v) is 15.3. The summed E-state index contributed by atoms with van der Waals surface area (Å²) in [6.45, 7) is 3.64. The third kappa shape index (κ3) is 7.34. The Morgan fingerprint density at radius 1 is 1.09 bits per heavy atom. The number of thiazole rings is 1. The van der Waals surface area contributed by atoms with Crippen molar-refractivity contribution in [3.63, 3.8) is 0 Å². The van der Waals surface area contributed by atoms with Crippen LogP contribution < -0.4 is 4.72 Å². The Morgan fingerprint density at radius 3 is 2.35 bits per heavy atom. The first-order valence-electron chi connectivity index (χ1n) is 12.3. The van der Waals surface area contributed by atoms with Crippen LogP contribution >= 0.6 is 34.5 Å². The number of nitrogens with zero attached hydrogens (tertiary/aromatic N) is 3. The van der Waals surface area contributed by atoms with E-state index in [4.69, 9.17) is 27.6 Å². The third-order valence-electron chi connectivity index (χ3n) is 6.21. The predicted molar refractivity (Wildman–Crippen MR) is 151 cm³/mol. The molecule has 0 bridgehead atoms. The van der Waals surface area contributed by atoms with Gasteiger partial charge in [-0.05, 0) is 44.5 Å². The highest BCUT2D eigenvalue weighted by Gasteiger charge is 2.39. The minimum atomic E-state index is -4.84. The fourth-order valence-electron chi connectivity index (χ4n) is 3.71. The minimum absolute atomic E-state index is 0.0282. The Bertz CT molecular complexity index is 1770. The Kier molecular flexibility index (Phi) is 9.24. The van der Waals surface area contributed by atoms with E-state index in [0.29, 0.717) is 23.1 Å². The number of alkyl halides is 3. The van der Waals surface area contributed by atoms with E-state index in [-0.39, 0.29) is 40.2 Å². The van der Waals surface area contributed by atoms with E-state index in [1.807, 2.05) is 0 Å². The molecule has 2 aromatic heterocycles. The molecule has 1 atom stereocenters. The maximum atomic E-state index is 13.5. The fraction of sp³-hybridized carbons (Fsp3) is 0.308. The summed E-state index contributed by atoms with van der Waals surface area (Å²) in [6.07, 6.45) is -4.75. The monoisotopic (exact) mass is 680 g/mol. The highest BCUT2D eigenvalue weighted by atomic mass is 35.5. The highest BCUT2D eigenvalue weighted by molar-refractivity contribution is 7.89. The van der Waals surface area contributed by atoms with E-state index in [0.717, 1.165) is 17.4 Å². The van der Waals surface area contributed by atoms with Crippen molar-refractivity contribution in [3.05, 3.63) is 69.4 Å². The number of benzene rings is 2. The molecule has 4 aromatic rings. The Balaban J connectivity index is 1.77. The van der Waals surface area contributed by atoms with Crippen molar-refractivity contribution in [2.24, 2.45) is 5.41 Å². The molecule has 1 unspecified atom stereocenters. The van der Waals surface area contributed by atoms with E-state index in [1.54, 1.807) is 0 Å². The van der Waals surface area contributed by atoms with Crippen LogP contribution in [0.3, 0.4) is 0 Å². The van der Waals surface area contributed by atoms with Crippen LogP contribution in [0.15, 0.2) is 45.7 Å². The van der Waals surface area contributed by atoms with Crippen LogP contribution in [0.1, 0.15) is 37.9 Å². The molecule has 2 N–H and O–H groups in total. The Hall–Kier alpha value is -3.11. The lowest BCUT2D eigenvalue weighted by molar-refractivity contribution is -0.147. The number of hydrogen-bond donors (Lipinski definition) is 2. The van der Waals surface area contributed by atoms with Crippen LogP contribution in [-0.4, -0.2) is 46.9 Å². The third-order valence-corrected chi connectivity index (χ3v) is 9.90. The smallest absolute Gasteiger partial charge is 0.404 e. The van der Waals surface area contributed by atoms with E-state index in [9.17, 15) is 35.9 Å². The van der Waals surface area contributed by atoms with Gasteiger partial charge < -0.3 is 9.52 Å². The number of nitrogens with one attached hydrogen (secondary N) is 1. The molecule has 0 spiro atoms. The van der Waals surface area contributed by atoms with Gasteiger partial charge in [0.25, 0.3) is 5.89 Å². The zero-order valence-electron chi connectivity index (χ0n) is 22.5. The van der Waals surface area contributed by atoms with Crippen molar-refractivity contribution < 1.29 is 40.3 Å². The molecular weight excluding hydrogens is 659 g/mol. The molecule has 9 nitrogen and oxygen atoms in total. The van der Waals surface area contributed by atoms with E-state index < -0.39 is 49.4 Å². The van der Waals surface area contributed by atoms with Crippen LogP contribution in [0, 0.1) is 11.2 Å². The summed E-state index contributed by atoms with van der Waals surface area (Å²) in [5, 5.41) is 16.7. The average Bonchev–Trinajstić information content (AvgIpc) is 3.52. The number of aliphatic carboxylic acids is 1. The second-order valence-electron chi connectivity index (χ2n) is 10.1. The molecule has 0 saturated heterocycles. The first kappa shape index (κ1) is 32.8. The van der Waals surface area contributed by atoms with Crippen molar-refractivity contribution >= 4 is 50.5 Å². The van der Waals surface area contributed by atoms with Gasteiger partial charge in [0.1, 0.15) is 16.8 Å². The second kappa shape index (κ2) is 12.1. The summed E-state index contributed by atoms with van der Waals surface area (Å²) in [7, 11) is -4.72. The summed E-state index contributed by atoms with van der Waals surface area (Å²) in [6, 6.07) is 5.50. The molecule has 0 amide bonds. The van der Waals surface area contributed by atoms with Gasteiger partial charge in [-0.25, -0.2) is 17.8 Å². The molecule has 17 heteroatoms. The molecule has 0 aliphatic rings. The molecule has 0 saturated carbocycles. The summed E-state index contributed by atoms with van der Waals surface area (Å²) >= 11 is 13.8. The standard InChI is InChI=1S/C26H22Cl2F4N4O5S2/c1-12(26(30,31)32)36-43(39,40)17-9-8-15(19(27)20(17)28)21-16(10-13-4-6-14(29)7-5-13)33-23(42-21)22-35-34-18(41-22)11-25(2,3)24(37)38/h4-9,12,36H,10-11H2,1-3H3,(H,37,38). The molecular formula is C26H22Cl2F4N4O5S2. The SMILES string of the molecule is CC(NS(=O)(=O)c1ccc(-c2sc(-c3nnc(CC(C)(C)C(=O)O)o3)nc2Cc2ccc(F)cc2)c(Cl)c1Cl)C(F)(F)F. The van der Waals surface area contributed by atoms with Gasteiger partial charge in [-0.15, -0.1) is 21.5 Å². The summed E-state index contributed by atoms with van der Waals surface area (Å²) in [5.41, 5.74) is 0.0578. The largest absolute Gasteiger partial charge is 0.481 e. The van der Waals surface area contributed by atoms with Crippen molar-refractivity contribution in [1.29, 1.82) is 0 Å². The Morgan fingerprint density at radius 2 is 1.74 bits per heavy atom. The van der Waals surface area contributed by atoms with Crippen LogP contribution in [0.5, 0.6) is 0 Å².